The van der Waals surface area contributed by atoms with E-state index in [1.165, 1.54) is 24.1 Å². The van der Waals surface area contributed by atoms with Crippen LogP contribution in [-0.2, 0) is 32.6 Å². The average Bonchev–Trinajstić information content (AvgIpc) is 3.30. The zero-order valence-corrected chi connectivity index (χ0v) is 36.2. The first-order chi connectivity index (χ1) is 25.2. The molecule has 2 N–H and O–H groups in total. The topological polar surface area (TPSA) is 121 Å². The number of rotatable bonds is 11. The number of nitrogens with zero attached hydrogens (tertiary/aromatic N) is 3. The quantitative estimate of drug-likeness (QED) is 0.187. The van der Waals surface area contributed by atoms with Gasteiger partial charge in [-0.3, -0.25) is 14.5 Å². The van der Waals surface area contributed by atoms with Crippen molar-refractivity contribution in [3.8, 4) is 11.6 Å². The van der Waals surface area contributed by atoms with Gasteiger partial charge in [0.15, 0.2) is 0 Å². The number of amides is 3. The average molecular weight is 777 g/mol. The number of aromatic hydroxyl groups is 1. The Hall–Kier alpha value is -4.45. The van der Waals surface area contributed by atoms with Crippen LogP contribution < -0.4 is 14.6 Å². The molecule has 3 aromatic rings. The van der Waals surface area contributed by atoms with Crippen LogP contribution in [-0.4, -0.2) is 72.5 Å². The van der Waals surface area contributed by atoms with Crippen molar-refractivity contribution in [1.29, 1.82) is 0 Å². The number of likely N-dealkylation sites (N-methyl/N-ethyl adjacent to an activating group) is 1. The summed E-state index contributed by atoms with van der Waals surface area (Å²) in [4.78, 5) is 50.4. The summed E-state index contributed by atoms with van der Waals surface area (Å²) in [6, 6.07) is 9.61. The van der Waals surface area contributed by atoms with Crippen molar-refractivity contribution in [1.82, 2.24) is 15.2 Å². The van der Waals surface area contributed by atoms with Crippen molar-refractivity contribution in [2.75, 3.05) is 18.5 Å². The van der Waals surface area contributed by atoms with Gasteiger partial charge in [-0.25, -0.2) is 14.2 Å². The monoisotopic (exact) mass is 776 g/mol. The number of phenolic OH excluding ortho intramolecular Hbond substituents is 1. The summed E-state index contributed by atoms with van der Waals surface area (Å²) in [6.45, 7) is 26.0. The van der Waals surface area contributed by atoms with E-state index in [1.807, 2.05) is 33.8 Å². The van der Waals surface area contributed by atoms with Crippen molar-refractivity contribution >= 4 is 31.9 Å². The summed E-state index contributed by atoms with van der Waals surface area (Å²) in [7, 11) is -0.848. The maximum absolute atomic E-state index is 15.0. The Morgan fingerprint density at radius 2 is 1.62 bits per heavy atom. The summed E-state index contributed by atoms with van der Waals surface area (Å²) < 4.78 is 26.4. The van der Waals surface area contributed by atoms with E-state index in [0.717, 1.165) is 27.8 Å². The molecular formula is C43H61FN4O6Si. The van der Waals surface area contributed by atoms with Crippen LogP contribution in [0.3, 0.4) is 0 Å². The number of ether oxygens (including phenoxy) is 1. The summed E-state index contributed by atoms with van der Waals surface area (Å²) >= 11 is 0. The van der Waals surface area contributed by atoms with Gasteiger partial charge in [-0.15, -0.1) is 0 Å². The number of benzene rings is 2. The first-order valence-electron chi connectivity index (χ1n) is 19.1. The fourth-order valence-corrected chi connectivity index (χ4v) is 7.63. The van der Waals surface area contributed by atoms with E-state index in [2.05, 4.69) is 39.2 Å². The number of pyridine rings is 1. The predicted octanol–water partition coefficient (Wildman–Crippen LogP) is 8.52. The second-order valence-corrected chi connectivity index (χ2v) is 22.9. The number of aryl methyl sites for hydroxylation is 2. The number of carbonyl (C=O) groups is 3. The van der Waals surface area contributed by atoms with E-state index >= 15 is 4.79 Å². The van der Waals surface area contributed by atoms with Crippen molar-refractivity contribution in [3.05, 3.63) is 81.8 Å². The Morgan fingerprint density at radius 3 is 2.15 bits per heavy atom. The molecule has 0 saturated carbocycles. The largest absolute Gasteiger partial charge is 0.530 e. The number of hydrogen-bond donors (Lipinski definition) is 2. The van der Waals surface area contributed by atoms with Gasteiger partial charge in [0.1, 0.15) is 29.3 Å². The molecule has 0 saturated heterocycles. The van der Waals surface area contributed by atoms with Crippen LogP contribution in [0.15, 0.2) is 42.5 Å². The molecule has 2 heterocycles. The van der Waals surface area contributed by atoms with Gasteiger partial charge in [0.05, 0.1) is 11.4 Å². The third-order valence-electron chi connectivity index (χ3n) is 10.8. The van der Waals surface area contributed by atoms with Crippen LogP contribution in [0, 0.1) is 19.7 Å². The molecule has 2 aromatic carbocycles. The van der Waals surface area contributed by atoms with E-state index in [4.69, 9.17) is 14.1 Å². The normalized spacial score (nSPS) is 15.2. The minimum absolute atomic E-state index is 0.109. The van der Waals surface area contributed by atoms with Gasteiger partial charge < -0.3 is 24.5 Å². The lowest BCUT2D eigenvalue weighted by Gasteiger charge is -2.36. The highest BCUT2D eigenvalue weighted by Gasteiger charge is 2.45. The third kappa shape index (κ3) is 10.1. The lowest BCUT2D eigenvalue weighted by Crippen LogP contribution is -2.56. The fourth-order valence-electron chi connectivity index (χ4n) is 6.66. The number of halogens is 1. The zero-order chi connectivity index (χ0) is 41.4. The molecule has 1 aromatic heterocycles. The summed E-state index contributed by atoms with van der Waals surface area (Å²) in [5, 5.41) is 13.2. The molecule has 1 aliphatic heterocycles. The van der Waals surface area contributed by atoms with Gasteiger partial charge in [0, 0.05) is 37.4 Å². The van der Waals surface area contributed by atoms with E-state index in [9.17, 15) is 19.1 Å². The molecule has 0 fully saturated rings. The van der Waals surface area contributed by atoms with Crippen molar-refractivity contribution < 1.29 is 33.0 Å². The molecule has 10 nitrogen and oxygen atoms in total. The van der Waals surface area contributed by atoms with Crippen LogP contribution in [0.4, 0.5) is 14.9 Å². The molecule has 12 heteroatoms. The Bertz CT molecular complexity index is 1890. The number of carbonyl (C=O) groups excluding carboxylic acids is 3. The highest BCUT2D eigenvalue weighted by Crippen LogP contribution is 2.45. The number of nitrogens with one attached hydrogen (secondary N) is 1. The van der Waals surface area contributed by atoms with Gasteiger partial charge in [0.25, 0.3) is 8.32 Å². The standard InChI is InChI=1S/C43H61FN4O6Si/c1-15-34(47(12)40(52)53-41(4,5)6)37(50)45-33(24-32-26(2)20-31(49)21-27(32)3)39(51)48-25-43(10,11)36-35(48)23-29(22-28-16-18-30(44)19-17-28)38(46-36)54-55(13,14)42(7,8)9/h16-21,23,33-34,49H,15,22,24-25H2,1-14H3,(H,45,50)/t33-,34-/m0/s1. The molecule has 3 amide bonds. The van der Waals surface area contributed by atoms with E-state index in [1.54, 1.807) is 56.9 Å². The molecule has 2 atom stereocenters. The second kappa shape index (κ2) is 16.0. The maximum atomic E-state index is 15.0. The van der Waals surface area contributed by atoms with E-state index < -0.39 is 43.4 Å². The number of anilines is 1. The first kappa shape index (κ1) is 43.3. The minimum Gasteiger partial charge on any atom is -0.530 e. The van der Waals surface area contributed by atoms with Crippen LogP contribution in [0.25, 0.3) is 0 Å². The van der Waals surface area contributed by atoms with Crippen LogP contribution >= 0.6 is 0 Å². The van der Waals surface area contributed by atoms with Gasteiger partial charge in [0.2, 0.25) is 17.7 Å². The van der Waals surface area contributed by atoms with Gasteiger partial charge in [-0.1, -0.05) is 53.7 Å². The minimum atomic E-state index is -2.37. The molecule has 0 aliphatic carbocycles. The van der Waals surface area contributed by atoms with Crippen LogP contribution in [0.5, 0.6) is 11.6 Å². The summed E-state index contributed by atoms with van der Waals surface area (Å²) in [5.41, 5.74) is 3.98. The van der Waals surface area contributed by atoms with E-state index in [-0.39, 0.29) is 35.4 Å². The van der Waals surface area contributed by atoms with Gasteiger partial charge >= 0.3 is 6.09 Å². The molecule has 55 heavy (non-hydrogen) atoms. The SMILES string of the molecule is CC[C@@H](C(=O)N[C@@H](Cc1c(C)cc(O)cc1C)C(=O)N1CC(C)(C)c2nc(O[Si](C)(C)C(C)(C)C)c(Cc3ccc(F)cc3)cc21)N(C)C(=O)OC(C)(C)C. The summed E-state index contributed by atoms with van der Waals surface area (Å²) in [5.74, 6) is -0.541. The smallest absolute Gasteiger partial charge is 0.410 e. The van der Waals surface area contributed by atoms with E-state index in [0.29, 0.717) is 30.2 Å². The lowest BCUT2D eigenvalue weighted by molar-refractivity contribution is -0.130. The third-order valence-corrected chi connectivity index (χ3v) is 15.1. The fraction of sp³-hybridized carbons (Fsp3) is 0.535. The van der Waals surface area contributed by atoms with Gasteiger partial charge in [-0.2, -0.15) is 0 Å². The maximum Gasteiger partial charge on any atom is 0.410 e. The molecule has 300 valence electrons. The molecule has 0 spiro atoms. The number of aromatic nitrogens is 1. The van der Waals surface area contributed by atoms with Crippen molar-refractivity contribution in [2.24, 2.45) is 0 Å². The Labute approximate surface area is 327 Å². The van der Waals surface area contributed by atoms with Crippen LogP contribution in [0.1, 0.15) is 102 Å². The van der Waals surface area contributed by atoms with Gasteiger partial charge in [-0.05, 0) is 112 Å². The van der Waals surface area contributed by atoms with Crippen molar-refractivity contribution in [3.63, 3.8) is 0 Å². The molecule has 4 rings (SSSR count). The highest BCUT2D eigenvalue weighted by atomic mass is 28.4. The molecule has 1 aliphatic rings. The number of hydrogen-bond acceptors (Lipinski definition) is 7. The Balaban J connectivity index is 1.82. The Morgan fingerprint density at radius 1 is 1.04 bits per heavy atom. The molecule has 0 bridgehead atoms. The predicted molar refractivity (Wildman–Crippen MR) is 218 cm³/mol. The number of phenols is 1. The zero-order valence-electron chi connectivity index (χ0n) is 35.2. The van der Waals surface area contributed by atoms with Crippen LogP contribution in [0.2, 0.25) is 18.1 Å². The second-order valence-electron chi connectivity index (χ2n) is 18.1. The molecule has 0 unspecified atom stereocenters. The summed E-state index contributed by atoms with van der Waals surface area (Å²) in [6.07, 6.45) is 0.179. The molecule has 0 radical (unpaired) electrons. The molecular weight excluding hydrogens is 716 g/mol. The highest BCUT2D eigenvalue weighted by molar-refractivity contribution is 6.74. The Kier molecular flexibility index (Phi) is 12.6. The lowest BCUT2D eigenvalue weighted by atomic mass is 9.90. The van der Waals surface area contributed by atoms with Crippen molar-refractivity contribution in [2.45, 2.75) is 137 Å². The number of fused-ring (bicyclic) bond motifs is 1. The first-order valence-corrected chi connectivity index (χ1v) is 22.0.